The zero-order valence-corrected chi connectivity index (χ0v) is 18.2. The number of aliphatic carboxylic acids is 1. The number of carboxylic acid groups (broad SMARTS) is 1. The summed E-state index contributed by atoms with van der Waals surface area (Å²) in [6.07, 6.45) is 0. The highest BCUT2D eigenvalue weighted by atomic mass is 16.4. The maximum atomic E-state index is 11.6. The minimum Gasteiger partial charge on any atom is -0.480 e. The summed E-state index contributed by atoms with van der Waals surface area (Å²) in [7, 11) is 0. The van der Waals surface area contributed by atoms with E-state index in [1.165, 1.54) is 18.1 Å². The van der Waals surface area contributed by atoms with Crippen LogP contribution in [-0.4, -0.2) is 23.0 Å². The summed E-state index contributed by atoms with van der Waals surface area (Å²) in [5.41, 5.74) is 9.85. The van der Waals surface area contributed by atoms with Gasteiger partial charge in [-0.1, -0.05) is 90.5 Å². The molecule has 162 valence electrons. The summed E-state index contributed by atoms with van der Waals surface area (Å²) in [6.45, 7) is 5.39. The lowest BCUT2D eigenvalue weighted by atomic mass is 9.85. The topological polar surface area (TPSA) is 92.4 Å². The number of carboxylic acids is 1. The van der Waals surface area contributed by atoms with Crippen LogP contribution in [0.4, 0.5) is 0 Å². The van der Waals surface area contributed by atoms with Gasteiger partial charge in [-0.15, -0.1) is 0 Å². The Kier molecular flexibility index (Phi) is 8.97. The van der Waals surface area contributed by atoms with Crippen molar-refractivity contribution in [2.45, 2.75) is 38.8 Å². The Morgan fingerprint density at radius 3 is 1.61 bits per heavy atom. The molecular weight excluding hydrogens is 388 g/mol. The van der Waals surface area contributed by atoms with Crippen LogP contribution in [0.2, 0.25) is 0 Å². The standard InChI is InChI=1S/C17H17NO3.C9H13N/c1-12(19)18-16(17(20)21)15(13-8-4-2-5-9-13)14-10-6-3-7-11-14;1-7-3-5-9(6-4-7)8(2)10/h2-11,15-16H,1H3,(H,18,19)(H,20,21);3-6,8H,10H2,1-2H3/t16-;8-/m11/s1. The third kappa shape index (κ3) is 7.39. The van der Waals surface area contributed by atoms with Gasteiger partial charge in [-0.3, -0.25) is 4.79 Å². The number of carbonyl (C=O) groups excluding carboxylic acids is 1. The predicted octanol–water partition coefficient (Wildman–Crippen LogP) is 4.42. The van der Waals surface area contributed by atoms with E-state index in [-0.39, 0.29) is 11.9 Å². The van der Waals surface area contributed by atoms with Gasteiger partial charge < -0.3 is 16.2 Å². The molecular formula is C26H30N2O3. The molecule has 4 N–H and O–H groups in total. The highest BCUT2D eigenvalue weighted by Crippen LogP contribution is 2.28. The van der Waals surface area contributed by atoms with Crippen LogP contribution in [-0.2, 0) is 9.59 Å². The Hall–Kier alpha value is -3.44. The average Bonchev–Trinajstić information content (AvgIpc) is 2.75. The second-order valence-electron chi connectivity index (χ2n) is 7.51. The van der Waals surface area contributed by atoms with Gasteiger partial charge in [0.25, 0.3) is 0 Å². The lowest BCUT2D eigenvalue weighted by Gasteiger charge is -2.25. The number of benzene rings is 3. The summed E-state index contributed by atoms with van der Waals surface area (Å²) >= 11 is 0. The molecule has 0 unspecified atom stereocenters. The number of aryl methyl sites for hydroxylation is 1. The lowest BCUT2D eigenvalue weighted by molar-refractivity contribution is -0.141. The minimum absolute atomic E-state index is 0.153. The number of nitrogens with one attached hydrogen (secondary N) is 1. The molecule has 0 aliphatic carbocycles. The van der Waals surface area contributed by atoms with Crippen LogP contribution in [0.5, 0.6) is 0 Å². The fourth-order valence-corrected chi connectivity index (χ4v) is 3.27. The molecule has 3 rings (SSSR count). The van der Waals surface area contributed by atoms with Crippen LogP contribution < -0.4 is 11.1 Å². The second-order valence-corrected chi connectivity index (χ2v) is 7.51. The zero-order chi connectivity index (χ0) is 22.8. The molecule has 3 aromatic rings. The molecule has 0 radical (unpaired) electrons. The molecule has 0 aliphatic heterocycles. The Bertz CT molecular complexity index is 915. The van der Waals surface area contributed by atoms with E-state index in [2.05, 4.69) is 36.5 Å². The van der Waals surface area contributed by atoms with E-state index in [9.17, 15) is 14.7 Å². The molecule has 0 bridgehead atoms. The highest BCUT2D eigenvalue weighted by Gasteiger charge is 2.31. The fourth-order valence-electron chi connectivity index (χ4n) is 3.27. The highest BCUT2D eigenvalue weighted by molar-refractivity contribution is 5.83. The molecule has 5 nitrogen and oxygen atoms in total. The van der Waals surface area contributed by atoms with Crippen LogP contribution in [0.1, 0.15) is 48.1 Å². The molecule has 5 heteroatoms. The Labute approximate surface area is 183 Å². The summed E-state index contributed by atoms with van der Waals surface area (Å²) < 4.78 is 0. The van der Waals surface area contributed by atoms with E-state index in [1.807, 2.05) is 67.6 Å². The van der Waals surface area contributed by atoms with Gasteiger partial charge in [0.1, 0.15) is 6.04 Å². The Morgan fingerprint density at radius 2 is 1.26 bits per heavy atom. The van der Waals surface area contributed by atoms with E-state index >= 15 is 0 Å². The van der Waals surface area contributed by atoms with Gasteiger partial charge in [-0.05, 0) is 30.5 Å². The third-order valence-electron chi connectivity index (χ3n) is 4.88. The van der Waals surface area contributed by atoms with Crippen molar-refractivity contribution >= 4 is 11.9 Å². The van der Waals surface area contributed by atoms with E-state index in [0.29, 0.717) is 0 Å². The van der Waals surface area contributed by atoms with Crippen molar-refractivity contribution in [1.82, 2.24) is 5.32 Å². The van der Waals surface area contributed by atoms with Gasteiger partial charge in [0, 0.05) is 18.9 Å². The van der Waals surface area contributed by atoms with Crippen LogP contribution in [0.15, 0.2) is 84.9 Å². The summed E-state index contributed by atoms with van der Waals surface area (Å²) in [5.74, 6) is -1.85. The van der Waals surface area contributed by atoms with Gasteiger partial charge in [0.15, 0.2) is 0 Å². The quantitative estimate of drug-likeness (QED) is 0.552. The van der Waals surface area contributed by atoms with Gasteiger partial charge >= 0.3 is 5.97 Å². The predicted molar refractivity (Wildman–Crippen MR) is 124 cm³/mol. The Morgan fingerprint density at radius 1 is 0.806 bits per heavy atom. The lowest BCUT2D eigenvalue weighted by Crippen LogP contribution is -2.44. The molecule has 0 saturated carbocycles. The SMILES string of the molecule is CC(=O)N[C@@H](C(=O)O)C(c1ccccc1)c1ccccc1.Cc1ccc([C@@H](C)N)cc1. The Balaban J connectivity index is 0.000000285. The first-order valence-electron chi connectivity index (χ1n) is 10.2. The van der Waals surface area contributed by atoms with Crippen molar-refractivity contribution in [3.63, 3.8) is 0 Å². The number of rotatable bonds is 6. The van der Waals surface area contributed by atoms with Crippen molar-refractivity contribution in [3.05, 3.63) is 107 Å². The first kappa shape index (κ1) is 23.8. The zero-order valence-electron chi connectivity index (χ0n) is 18.2. The molecule has 0 spiro atoms. The van der Waals surface area contributed by atoms with Crippen molar-refractivity contribution in [1.29, 1.82) is 0 Å². The molecule has 1 amide bonds. The second kappa shape index (κ2) is 11.7. The number of hydrogen-bond acceptors (Lipinski definition) is 3. The van der Waals surface area contributed by atoms with Crippen LogP contribution in [0.25, 0.3) is 0 Å². The molecule has 0 saturated heterocycles. The molecule has 0 aromatic heterocycles. The third-order valence-corrected chi connectivity index (χ3v) is 4.88. The van der Waals surface area contributed by atoms with E-state index in [0.717, 1.165) is 11.1 Å². The molecule has 0 fully saturated rings. The van der Waals surface area contributed by atoms with Crippen molar-refractivity contribution in [3.8, 4) is 0 Å². The first-order valence-corrected chi connectivity index (χ1v) is 10.2. The maximum Gasteiger partial charge on any atom is 0.327 e. The summed E-state index contributed by atoms with van der Waals surface area (Å²) in [4.78, 5) is 23.0. The van der Waals surface area contributed by atoms with E-state index in [1.54, 1.807) is 0 Å². The maximum absolute atomic E-state index is 11.6. The van der Waals surface area contributed by atoms with Crippen molar-refractivity contribution in [2.24, 2.45) is 5.73 Å². The summed E-state index contributed by atoms with van der Waals surface area (Å²) in [5, 5.41) is 12.0. The van der Waals surface area contributed by atoms with Crippen LogP contribution >= 0.6 is 0 Å². The normalized spacial score (nSPS) is 12.3. The van der Waals surface area contributed by atoms with Crippen LogP contribution in [0.3, 0.4) is 0 Å². The smallest absolute Gasteiger partial charge is 0.327 e. The molecule has 31 heavy (non-hydrogen) atoms. The number of carbonyl (C=O) groups is 2. The minimum atomic E-state index is -1.05. The van der Waals surface area contributed by atoms with E-state index < -0.39 is 17.9 Å². The summed E-state index contributed by atoms with van der Waals surface area (Å²) in [6, 6.07) is 26.1. The molecule has 0 heterocycles. The molecule has 2 atom stereocenters. The van der Waals surface area contributed by atoms with Gasteiger partial charge in [0.2, 0.25) is 5.91 Å². The van der Waals surface area contributed by atoms with Crippen molar-refractivity contribution in [2.75, 3.05) is 0 Å². The monoisotopic (exact) mass is 418 g/mol. The van der Waals surface area contributed by atoms with Crippen LogP contribution in [0, 0.1) is 6.92 Å². The van der Waals surface area contributed by atoms with Gasteiger partial charge in [0.05, 0.1) is 0 Å². The first-order chi connectivity index (χ1) is 14.8. The van der Waals surface area contributed by atoms with Crippen molar-refractivity contribution < 1.29 is 14.7 Å². The number of nitrogens with two attached hydrogens (primary N) is 1. The fraction of sp³-hybridized carbons (Fsp3) is 0.231. The van der Waals surface area contributed by atoms with E-state index in [4.69, 9.17) is 5.73 Å². The number of hydrogen-bond donors (Lipinski definition) is 3. The van der Waals surface area contributed by atoms with Gasteiger partial charge in [-0.2, -0.15) is 0 Å². The molecule has 0 aliphatic rings. The van der Waals surface area contributed by atoms with Gasteiger partial charge in [-0.25, -0.2) is 4.79 Å². The number of amides is 1. The largest absolute Gasteiger partial charge is 0.480 e. The average molecular weight is 419 g/mol. The molecule has 3 aromatic carbocycles.